The Morgan fingerprint density at radius 2 is 2.06 bits per heavy atom. The molecule has 1 N–H and O–H groups in total. The molecule has 0 atom stereocenters. The number of nitrogens with one attached hydrogen (secondary N) is 1. The van der Waals surface area contributed by atoms with E-state index in [-0.39, 0.29) is 0 Å². The van der Waals surface area contributed by atoms with Crippen molar-refractivity contribution in [3.8, 4) is 5.82 Å². The molecular formula is C12H16ClN5. The molecule has 2 heterocycles. The lowest BCUT2D eigenvalue weighted by Crippen LogP contribution is -2.14. The van der Waals surface area contributed by atoms with Gasteiger partial charge in [-0.3, -0.25) is 0 Å². The molecule has 0 aliphatic heterocycles. The monoisotopic (exact) mass is 265 g/mol. The summed E-state index contributed by atoms with van der Waals surface area (Å²) in [5, 5.41) is 8.18. The quantitative estimate of drug-likeness (QED) is 0.919. The molecule has 2 rings (SSSR count). The second-order valence-electron chi connectivity index (χ2n) is 4.00. The standard InChI is InChI=1S/C12H16ClN5/c1-4-14-7-11-10(13)5-6-12(16-11)18-9(3)15-8(2)17-18/h5-6,14H,4,7H2,1-3H3. The Morgan fingerprint density at radius 3 is 2.67 bits per heavy atom. The molecule has 0 saturated heterocycles. The van der Waals surface area contributed by atoms with Crippen molar-refractivity contribution in [1.82, 2.24) is 25.1 Å². The number of hydrogen-bond donors (Lipinski definition) is 1. The summed E-state index contributed by atoms with van der Waals surface area (Å²) in [6.45, 7) is 7.33. The highest BCUT2D eigenvalue weighted by Crippen LogP contribution is 2.16. The van der Waals surface area contributed by atoms with Crippen LogP contribution in [-0.2, 0) is 6.54 Å². The van der Waals surface area contributed by atoms with Crippen LogP contribution >= 0.6 is 11.6 Å². The van der Waals surface area contributed by atoms with E-state index in [4.69, 9.17) is 11.6 Å². The number of nitrogens with zero attached hydrogens (tertiary/aromatic N) is 4. The van der Waals surface area contributed by atoms with Crippen molar-refractivity contribution in [1.29, 1.82) is 0 Å². The lowest BCUT2D eigenvalue weighted by atomic mass is 10.3. The van der Waals surface area contributed by atoms with Gasteiger partial charge in [0, 0.05) is 6.54 Å². The molecule has 0 amide bonds. The molecule has 0 fully saturated rings. The molecule has 0 saturated carbocycles. The average molecular weight is 266 g/mol. The minimum atomic E-state index is 0.649. The highest BCUT2D eigenvalue weighted by Gasteiger charge is 2.09. The summed E-state index contributed by atoms with van der Waals surface area (Å²) in [5.74, 6) is 2.29. The van der Waals surface area contributed by atoms with E-state index in [9.17, 15) is 0 Å². The molecule has 18 heavy (non-hydrogen) atoms. The van der Waals surface area contributed by atoms with Gasteiger partial charge in [0.25, 0.3) is 0 Å². The number of rotatable bonds is 4. The summed E-state index contributed by atoms with van der Waals surface area (Å²) in [6.07, 6.45) is 0. The van der Waals surface area contributed by atoms with Gasteiger partial charge in [0.05, 0.1) is 10.7 Å². The van der Waals surface area contributed by atoms with Gasteiger partial charge in [-0.25, -0.2) is 9.97 Å². The van der Waals surface area contributed by atoms with Crippen LogP contribution in [0.25, 0.3) is 5.82 Å². The Morgan fingerprint density at radius 1 is 1.28 bits per heavy atom. The first-order valence-electron chi connectivity index (χ1n) is 5.88. The van der Waals surface area contributed by atoms with Crippen LogP contribution in [0.15, 0.2) is 12.1 Å². The number of pyridine rings is 1. The summed E-state index contributed by atoms with van der Waals surface area (Å²) in [6, 6.07) is 3.69. The highest BCUT2D eigenvalue weighted by molar-refractivity contribution is 6.31. The van der Waals surface area contributed by atoms with Crippen molar-refractivity contribution in [3.05, 3.63) is 34.5 Å². The van der Waals surface area contributed by atoms with Crippen molar-refractivity contribution < 1.29 is 0 Å². The number of aryl methyl sites for hydroxylation is 2. The zero-order valence-corrected chi connectivity index (χ0v) is 11.5. The molecular weight excluding hydrogens is 250 g/mol. The number of hydrogen-bond acceptors (Lipinski definition) is 4. The SMILES string of the molecule is CCNCc1nc(-n2nc(C)nc2C)ccc1Cl. The molecule has 0 aliphatic rings. The zero-order chi connectivity index (χ0) is 13.1. The van der Waals surface area contributed by atoms with Crippen molar-refractivity contribution in [2.75, 3.05) is 6.54 Å². The predicted molar refractivity (Wildman–Crippen MR) is 71.0 cm³/mol. The normalized spacial score (nSPS) is 10.9. The van der Waals surface area contributed by atoms with Crippen LogP contribution in [-0.4, -0.2) is 26.3 Å². The second-order valence-corrected chi connectivity index (χ2v) is 4.40. The van der Waals surface area contributed by atoms with Crippen LogP contribution in [0.4, 0.5) is 0 Å². The summed E-state index contributed by atoms with van der Waals surface area (Å²) >= 11 is 6.12. The lowest BCUT2D eigenvalue weighted by Gasteiger charge is -2.07. The average Bonchev–Trinajstić information content (AvgIpc) is 2.67. The summed E-state index contributed by atoms with van der Waals surface area (Å²) in [4.78, 5) is 8.79. The highest BCUT2D eigenvalue weighted by atomic mass is 35.5. The molecule has 0 unspecified atom stereocenters. The van der Waals surface area contributed by atoms with E-state index < -0.39 is 0 Å². The zero-order valence-electron chi connectivity index (χ0n) is 10.7. The van der Waals surface area contributed by atoms with Crippen LogP contribution in [0.1, 0.15) is 24.3 Å². The molecule has 0 aliphatic carbocycles. The number of halogens is 1. The maximum absolute atomic E-state index is 6.12. The third-order valence-corrected chi connectivity index (χ3v) is 2.88. The van der Waals surface area contributed by atoms with E-state index in [1.165, 1.54) is 0 Å². The van der Waals surface area contributed by atoms with Crippen LogP contribution < -0.4 is 5.32 Å². The van der Waals surface area contributed by atoms with Gasteiger partial charge in [0.1, 0.15) is 11.6 Å². The van der Waals surface area contributed by atoms with E-state index in [0.717, 1.165) is 29.7 Å². The van der Waals surface area contributed by atoms with Crippen LogP contribution in [0, 0.1) is 13.8 Å². The van der Waals surface area contributed by atoms with Crippen LogP contribution in [0.3, 0.4) is 0 Å². The Hall–Kier alpha value is -1.46. The van der Waals surface area contributed by atoms with Gasteiger partial charge in [-0.05, 0) is 32.5 Å². The molecule has 6 heteroatoms. The van der Waals surface area contributed by atoms with Crippen molar-refractivity contribution in [3.63, 3.8) is 0 Å². The van der Waals surface area contributed by atoms with E-state index >= 15 is 0 Å². The first-order valence-corrected chi connectivity index (χ1v) is 6.26. The molecule has 0 spiro atoms. The minimum Gasteiger partial charge on any atom is -0.311 e. The summed E-state index contributed by atoms with van der Waals surface area (Å²) in [5.41, 5.74) is 0.823. The topological polar surface area (TPSA) is 55.6 Å². The maximum Gasteiger partial charge on any atom is 0.155 e. The third kappa shape index (κ3) is 2.68. The van der Waals surface area contributed by atoms with E-state index in [1.807, 2.05) is 32.9 Å². The second kappa shape index (κ2) is 5.46. The molecule has 2 aromatic heterocycles. The van der Waals surface area contributed by atoms with Gasteiger partial charge in [-0.2, -0.15) is 4.68 Å². The lowest BCUT2D eigenvalue weighted by molar-refractivity contribution is 0.702. The fourth-order valence-electron chi connectivity index (χ4n) is 1.70. The van der Waals surface area contributed by atoms with Gasteiger partial charge in [0.2, 0.25) is 0 Å². The van der Waals surface area contributed by atoms with Crippen molar-refractivity contribution in [2.45, 2.75) is 27.3 Å². The molecule has 0 radical (unpaired) electrons. The van der Waals surface area contributed by atoms with Gasteiger partial charge in [-0.1, -0.05) is 18.5 Å². The van der Waals surface area contributed by atoms with Crippen LogP contribution in [0.5, 0.6) is 0 Å². The fraction of sp³-hybridized carbons (Fsp3) is 0.417. The van der Waals surface area contributed by atoms with Crippen molar-refractivity contribution in [2.24, 2.45) is 0 Å². The summed E-state index contributed by atoms with van der Waals surface area (Å²) < 4.78 is 1.72. The third-order valence-electron chi connectivity index (χ3n) is 2.54. The van der Waals surface area contributed by atoms with E-state index in [2.05, 4.69) is 20.4 Å². The minimum absolute atomic E-state index is 0.649. The Balaban J connectivity index is 2.37. The Labute approximate surface area is 111 Å². The molecule has 0 bridgehead atoms. The molecule has 5 nitrogen and oxygen atoms in total. The fourth-order valence-corrected chi connectivity index (χ4v) is 1.87. The largest absolute Gasteiger partial charge is 0.311 e. The van der Waals surface area contributed by atoms with E-state index in [1.54, 1.807) is 4.68 Å². The number of aromatic nitrogens is 4. The smallest absolute Gasteiger partial charge is 0.155 e. The van der Waals surface area contributed by atoms with Crippen LogP contribution in [0.2, 0.25) is 5.02 Å². The Kier molecular flexibility index (Phi) is 3.93. The van der Waals surface area contributed by atoms with Gasteiger partial charge >= 0.3 is 0 Å². The van der Waals surface area contributed by atoms with Gasteiger partial charge in [0.15, 0.2) is 5.82 Å². The van der Waals surface area contributed by atoms with Gasteiger partial charge in [-0.15, -0.1) is 5.10 Å². The molecule has 2 aromatic rings. The molecule has 96 valence electrons. The Bertz CT molecular complexity index is 549. The maximum atomic E-state index is 6.12. The first-order chi connectivity index (χ1) is 8.61. The predicted octanol–water partition coefficient (Wildman–Crippen LogP) is 2.04. The molecule has 0 aromatic carbocycles. The van der Waals surface area contributed by atoms with Crippen molar-refractivity contribution >= 4 is 11.6 Å². The van der Waals surface area contributed by atoms with E-state index in [0.29, 0.717) is 11.6 Å². The summed E-state index contributed by atoms with van der Waals surface area (Å²) in [7, 11) is 0. The van der Waals surface area contributed by atoms with Gasteiger partial charge < -0.3 is 5.32 Å². The first kappa shape index (κ1) is 13.0.